The molecule has 0 saturated carbocycles. The molecule has 0 unspecified atom stereocenters. The number of esters is 1. The van der Waals surface area contributed by atoms with Crippen LogP contribution in [0.2, 0.25) is 5.02 Å². The Morgan fingerprint density at radius 3 is 2.39 bits per heavy atom. The topological polar surface area (TPSA) is 69.4 Å². The highest BCUT2D eigenvalue weighted by molar-refractivity contribution is 6.34. The number of hydrogen-bond acceptors (Lipinski definition) is 4. The van der Waals surface area contributed by atoms with Gasteiger partial charge in [-0.2, -0.15) is 13.2 Å². The van der Waals surface area contributed by atoms with E-state index in [4.69, 9.17) is 11.6 Å². The third-order valence-corrected chi connectivity index (χ3v) is 2.39. The van der Waals surface area contributed by atoms with Gasteiger partial charge in [0.05, 0.1) is 23.2 Å². The van der Waals surface area contributed by atoms with Crippen molar-refractivity contribution in [2.75, 3.05) is 7.11 Å². The van der Waals surface area contributed by atoms with Gasteiger partial charge in [-0.05, 0) is 6.07 Å². The van der Waals surface area contributed by atoms with E-state index in [9.17, 15) is 28.1 Å². The average Bonchev–Trinajstić information content (AvgIpc) is 2.25. The molecule has 0 spiro atoms. The summed E-state index contributed by atoms with van der Waals surface area (Å²) in [6, 6.07) is 1.36. The summed E-state index contributed by atoms with van der Waals surface area (Å²) in [7, 11) is 0.887. The Labute approximate surface area is 103 Å². The maximum atomic E-state index is 12.7. The normalized spacial score (nSPS) is 11.2. The number of alkyl halides is 3. The van der Waals surface area contributed by atoms with Crippen LogP contribution in [-0.2, 0) is 10.9 Å². The fraction of sp³-hybridized carbons (Fsp3) is 0.222. The molecule has 0 radical (unpaired) electrons. The Morgan fingerprint density at radius 1 is 1.44 bits per heavy atom. The predicted molar refractivity (Wildman–Crippen MR) is 54.4 cm³/mol. The van der Waals surface area contributed by atoms with Gasteiger partial charge in [-0.15, -0.1) is 0 Å². The first-order valence-electron chi connectivity index (χ1n) is 4.32. The highest BCUT2D eigenvalue weighted by Crippen LogP contribution is 2.41. The first-order valence-corrected chi connectivity index (χ1v) is 4.70. The molecule has 0 saturated heterocycles. The van der Waals surface area contributed by atoms with E-state index >= 15 is 0 Å². The molecule has 0 heterocycles. The van der Waals surface area contributed by atoms with Crippen molar-refractivity contribution in [3.8, 4) is 0 Å². The van der Waals surface area contributed by atoms with E-state index in [1.165, 1.54) is 0 Å². The summed E-state index contributed by atoms with van der Waals surface area (Å²) in [6.45, 7) is 0. The van der Waals surface area contributed by atoms with Crippen LogP contribution in [0.5, 0.6) is 0 Å². The first-order chi connectivity index (χ1) is 8.20. The second-order valence-electron chi connectivity index (χ2n) is 3.07. The van der Waals surface area contributed by atoms with Crippen LogP contribution in [0.15, 0.2) is 12.1 Å². The van der Waals surface area contributed by atoms with Gasteiger partial charge in [0.25, 0.3) is 5.69 Å². The van der Waals surface area contributed by atoms with Gasteiger partial charge in [-0.3, -0.25) is 10.1 Å². The summed E-state index contributed by atoms with van der Waals surface area (Å²) in [5.74, 6) is -1.28. The zero-order valence-corrected chi connectivity index (χ0v) is 9.50. The summed E-state index contributed by atoms with van der Waals surface area (Å²) in [5.41, 5.74) is -3.39. The van der Waals surface area contributed by atoms with E-state index in [1.54, 1.807) is 0 Å². The number of nitro groups is 1. The smallest absolute Gasteiger partial charge is 0.418 e. The fourth-order valence-corrected chi connectivity index (χ4v) is 1.60. The lowest BCUT2D eigenvalue weighted by Gasteiger charge is -2.12. The van der Waals surface area contributed by atoms with Gasteiger partial charge in [0.1, 0.15) is 5.02 Å². The molecule has 5 nitrogen and oxygen atoms in total. The van der Waals surface area contributed by atoms with Crippen molar-refractivity contribution in [3.63, 3.8) is 0 Å². The third kappa shape index (κ3) is 2.53. The first kappa shape index (κ1) is 14.2. The Kier molecular flexibility index (Phi) is 3.80. The molecule has 0 bridgehead atoms. The highest BCUT2D eigenvalue weighted by Gasteiger charge is 2.41. The average molecular weight is 284 g/mol. The molecule has 0 aliphatic carbocycles. The number of ether oxygens (including phenoxy) is 1. The molecule has 98 valence electrons. The van der Waals surface area contributed by atoms with E-state index in [1.807, 2.05) is 0 Å². The van der Waals surface area contributed by atoms with Gasteiger partial charge < -0.3 is 4.74 Å². The monoisotopic (exact) mass is 283 g/mol. The Hall–Kier alpha value is -1.83. The fourth-order valence-electron chi connectivity index (χ4n) is 1.26. The van der Waals surface area contributed by atoms with Crippen LogP contribution in [0.1, 0.15) is 15.9 Å². The zero-order valence-electron chi connectivity index (χ0n) is 8.75. The molecule has 9 heteroatoms. The molecular weight excluding hydrogens is 279 g/mol. The molecular formula is C9H5ClF3NO4. The lowest BCUT2D eigenvalue weighted by atomic mass is 10.1. The Bertz CT molecular complexity index is 515. The summed E-state index contributed by atoms with van der Waals surface area (Å²) < 4.78 is 42.4. The van der Waals surface area contributed by atoms with Crippen molar-refractivity contribution in [1.82, 2.24) is 0 Å². The van der Waals surface area contributed by atoms with Crippen molar-refractivity contribution in [1.29, 1.82) is 0 Å². The number of benzene rings is 1. The SMILES string of the molecule is COC(=O)c1ccc([N+](=O)[O-])c(Cl)c1C(F)(F)F. The van der Waals surface area contributed by atoms with E-state index < -0.39 is 38.9 Å². The molecule has 0 aromatic heterocycles. The second kappa shape index (κ2) is 4.81. The summed E-state index contributed by atoms with van der Waals surface area (Å²) >= 11 is 5.33. The quantitative estimate of drug-likeness (QED) is 0.475. The van der Waals surface area contributed by atoms with Gasteiger partial charge in [-0.25, -0.2) is 4.79 Å². The van der Waals surface area contributed by atoms with Crippen LogP contribution in [-0.4, -0.2) is 18.0 Å². The zero-order chi connectivity index (χ0) is 14.1. The molecule has 18 heavy (non-hydrogen) atoms. The maximum absolute atomic E-state index is 12.7. The molecule has 0 amide bonds. The van der Waals surface area contributed by atoms with Gasteiger partial charge >= 0.3 is 12.1 Å². The van der Waals surface area contributed by atoms with Crippen LogP contribution in [0.25, 0.3) is 0 Å². The third-order valence-electron chi connectivity index (χ3n) is 2.01. The molecule has 0 fully saturated rings. The molecule has 1 aromatic carbocycles. The molecule has 1 aromatic rings. The number of hydrogen-bond donors (Lipinski definition) is 0. The number of nitro benzene ring substituents is 1. The minimum absolute atomic E-state index is 0.651. The molecule has 0 N–H and O–H groups in total. The van der Waals surface area contributed by atoms with E-state index in [-0.39, 0.29) is 0 Å². The van der Waals surface area contributed by atoms with E-state index in [0.717, 1.165) is 7.11 Å². The van der Waals surface area contributed by atoms with Crippen molar-refractivity contribution >= 4 is 23.3 Å². The van der Waals surface area contributed by atoms with Gasteiger partial charge in [0.15, 0.2) is 0 Å². The lowest BCUT2D eigenvalue weighted by molar-refractivity contribution is -0.385. The van der Waals surface area contributed by atoms with E-state index in [2.05, 4.69) is 4.74 Å². The number of rotatable bonds is 2. The number of carbonyl (C=O) groups excluding carboxylic acids is 1. The van der Waals surface area contributed by atoms with Gasteiger partial charge in [-0.1, -0.05) is 11.6 Å². The highest BCUT2D eigenvalue weighted by atomic mass is 35.5. The lowest BCUT2D eigenvalue weighted by Crippen LogP contribution is -2.15. The largest absolute Gasteiger partial charge is 0.465 e. The maximum Gasteiger partial charge on any atom is 0.418 e. The van der Waals surface area contributed by atoms with Crippen molar-refractivity contribution in [2.24, 2.45) is 0 Å². The van der Waals surface area contributed by atoms with Crippen LogP contribution >= 0.6 is 11.6 Å². The van der Waals surface area contributed by atoms with Crippen molar-refractivity contribution < 1.29 is 27.6 Å². The number of halogens is 4. The standard InChI is InChI=1S/C9H5ClF3NO4/c1-18-8(15)4-2-3-5(14(16)17)7(10)6(4)9(11,12)13/h2-3H,1H3. The molecule has 0 aliphatic rings. The van der Waals surface area contributed by atoms with Gasteiger partial charge in [0.2, 0.25) is 0 Å². The molecule has 0 atom stereocenters. The van der Waals surface area contributed by atoms with Crippen LogP contribution in [0.4, 0.5) is 18.9 Å². The summed E-state index contributed by atoms with van der Waals surface area (Å²) in [6.07, 6.45) is -5.01. The number of methoxy groups -OCH3 is 1. The summed E-state index contributed by atoms with van der Waals surface area (Å²) in [4.78, 5) is 20.6. The Morgan fingerprint density at radius 2 is 2.00 bits per heavy atom. The Balaban J connectivity index is 3.62. The summed E-state index contributed by atoms with van der Waals surface area (Å²) in [5, 5.41) is 9.35. The van der Waals surface area contributed by atoms with Crippen molar-refractivity contribution in [2.45, 2.75) is 6.18 Å². The van der Waals surface area contributed by atoms with E-state index in [0.29, 0.717) is 12.1 Å². The second-order valence-corrected chi connectivity index (χ2v) is 3.45. The minimum Gasteiger partial charge on any atom is -0.465 e. The number of nitrogens with zero attached hydrogens (tertiary/aromatic N) is 1. The van der Waals surface area contributed by atoms with Crippen molar-refractivity contribution in [3.05, 3.63) is 38.4 Å². The molecule has 1 rings (SSSR count). The number of carbonyl (C=O) groups is 1. The predicted octanol–water partition coefficient (Wildman–Crippen LogP) is 3.05. The van der Waals surface area contributed by atoms with Crippen LogP contribution < -0.4 is 0 Å². The van der Waals surface area contributed by atoms with Crippen LogP contribution in [0, 0.1) is 10.1 Å². The van der Waals surface area contributed by atoms with Gasteiger partial charge in [0, 0.05) is 6.07 Å². The minimum atomic E-state index is -5.01. The van der Waals surface area contributed by atoms with Crippen LogP contribution in [0.3, 0.4) is 0 Å². The molecule has 0 aliphatic heterocycles.